The lowest BCUT2D eigenvalue weighted by Crippen LogP contribution is -2.20. The normalized spacial score (nSPS) is 11.1. The Kier molecular flexibility index (Phi) is 4.53. The maximum atomic E-state index is 12.5. The predicted molar refractivity (Wildman–Crippen MR) is 66.5 cm³/mol. The number of carbonyl (C=O) groups excluding carboxylic acids is 1. The fourth-order valence-corrected chi connectivity index (χ4v) is 1.56. The quantitative estimate of drug-likeness (QED) is 0.843. The SMILES string of the molecule is NC(=S)CC(=O)Nc1cc(Cl)cc(C(F)(F)F)c1. The van der Waals surface area contributed by atoms with Gasteiger partial charge in [0.2, 0.25) is 5.91 Å². The first-order valence-electron chi connectivity index (χ1n) is 4.64. The Bertz CT molecular complexity index is 491. The van der Waals surface area contributed by atoms with Crippen molar-refractivity contribution in [3.05, 3.63) is 28.8 Å². The molecule has 3 N–H and O–H groups in total. The van der Waals surface area contributed by atoms with E-state index < -0.39 is 17.6 Å². The fourth-order valence-electron chi connectivity index (χ4n) is 1.19. The van der Waals surface area contributed by atoms with Crippen molar-refractivity contribution in [3.8, 4) is 0 Å². The van der Waals surface area contributed by atoms with E-state index in [4.69, 9.17) is 17.3 Å². The van der Waals surface area contributed by atoms with Gasteiger partial charge < -0.3 is 11.1 Å². The molecule has 0 aliphatic heterocycles. The Morgan fingerprint density at radius 1 is 1.39 bits per heavy atom. The first-order valence-corrected chi connectivity index (χ1v) is 5.43. The number of benzene rings is 1. The van der Waals surface area contributed by atoms with Crippen LogP contribution in [-0.2, 0) is 11.0 Å². The van der Waals surface area contributed by atoms with E-state index >= 15 is 0 Å². The molecule has 0 aromatic heterocycles. The second kappa shape index (κ2) is 5.53. The second-order valence-electron chi connectivity index (χ2n) is 3.42. The zero-order chi connectivity index (χ0) is 13.9. The molecule has 1 aromatic rings. The zero-order valence-corrected chi connectivity index (χ0v) is 10.4. The molecular weight excluding hydrogens is 289 g/mol. The van der Waals surface area contributed by atoms with Crippen LogP contribution in [0.15, 0.2) is 18.2 Å². The van der Waals surface area contributed by atoms with Gasteiger partial charge in [-0.3, -0.25) is 4.79 Å². The predicted octanol–water partition coefficient (Wildman–Crippen LogP) is 2.97. The Morgan fingerprint density at radius 3 is 2.50 bits per heavy atom. The van der Waals surface area contributed by atoms with Crippen molar-refractivity contribution in [2.45, 2.75) is 12.6 Å². The summed E-state index contributed by atoms with van der Waals surface area (Å²) in [6.45, 7) is 0. The number of nitrogens with one attached hydrogen (secondary N) is 1. The van der Waals surface area contributed by atoms with Gasteiger partial charge >= 0.3 is 6.18 Å². The summed E-state index contributed by atoms with van der Waals surface area (Å²) in [6, 6.07) is 2.75. The minimum atomic E-state index is -4.53. The maximum absolute atomic E-state index is 12.5. The summed E-state index contributed by atoms with van der Waals surface area (Å²) in [4.78, 5) is 11.2. The summed E-state index contributed by atoms with van der Waals surface area (Å²) >= 11 is 10.1. The highest BCUT2D eigenvalue weighted by molar-refractivity contribution is 7.80. The molecule has 3 nitrogen and oxygen atoms in total. The molecule has 0 saturated heterocycles. The number of rotatable bonds is 3. The lowest BCUT2D eigenvalue weighted by Gasteiger charge is -2.10. The summed E-state index contributed by atoms with van der Waals surface area (Å²) in [7, 11) is 0. The molecule has 0 aliphatic carbocycles. The molecule has 1 aromatic carbocycles. The Hall–Kier alpha value is -1.34. The van der Waals surface area contributed by atoms with Crippen molar-refractivity contribution in [1.82, 2.24) is 0 Å². The van der Waals surface area contributed by atoms with Crippen LogP contribution in [0.1, 0.15) is 12.0 Å². The number of carbonyl (C=O) groups is 1. The minimum Gasteiger partial charge on any atom is -0.393 e. The molecule has 0 spiro atoms. The van der Waals surface area contributed by atoms with E-state index in [1.54, 1.807) is 0 Å². The Morgan fingerprint density at radius 2 is 2.00 bits per heavy atom. The highest BCUT2D eigenvalue weighted by Gasteiger charge is 2.31. The molecule has 0 saturated carbocycles. The van der Waals surface area contributed by atoms with Crippen LogP contribution in [0, 0.1) is 0 Å². The topological polar surface area (TPSA) is 55.1 Å². The van der Waals surface area contributed by atoms with Crippen LogP contribution in [0.4, 0.5) is 18.9 Å². The molecule has 0 radical (unpaired) electrons. The van der Waals surface area contributed by atoms with E-state index in [0.29, 0.717) is 0 Å². The zero-order valence-electron chi connectivity index (χ0n) is 8.84. The van der Waals surface area contributed by atoms with Crippen molar-refractivity contribution < 1.29 is 18.0 Å². The number of halogens is 4. The lowest BCUT2D eigenvalue weighted by atomic mass is 10.2. The van der Waals surface area contributed by atoms with Gasteiger partial charge in [0.15, 0.2) is 0 Å². The molecule has 8 heteroatoms. The van der Waals surface area contributed by atoms with Gasteiger partial charge in [-0.25, -0.2) is 0 Å². The smallest absolute Gasteiger partial charge is 0.393 e. The summed E-state index contributed by atoms with van der Waals surface area (Å²) in [5, 5.41) is 2.11. The van der Waals surface area contributed by atoms with Crippen LogP contribution in [0.5, 0.6) is 0 Å². The summed E-state index contributed by atoms with van der Waals surface area (Å²) in [6.07, 6.45) is -4.78. The summed E-state index contributed by atoms with van der Waals surface area (Å²) in [5.74, 6) is -0.599. The third kappa shape index (κ3) is 4.50. The van der Waals surface area contributed by atoms with E-state index in [2.05, 4.69) is 17.5 Å². The number of thiocarbonyl (C=S) groups is 1. The average molecular weight is 297 g/mol. The first-order chi connectivity index (χ1) is 8.18. The number of nitrogens with two attached hydrogens (primary N) is 1. The van der Waals surface area contributed by atoms with Crippen LogP contribution < -0.4 is 11.1 Å². The van der Waals surface area contributed by atoms with Crippen LogP contribution in [0.25, 0.3) is 0 Å². The van der Waals surface area contributed by atoms with Crippen LogP contribution in [0.2, 0.25) is 5.02 Å². The van der Waals surface area contributed by atoms with E-state index in [1.807, 2.05) is 0 Å². The Labute approximate surface area is 111 Å². The molecule has 0 aliphatic rings. The third-order valence-corrected chi connectivity index (χ3v) is 2.21. The van der Waals surface area contributed by atoms with Gasteiger partial charge in [0.25, 0.3) is 0 Å². The Balaban J connectivity index is 2.94. The van der Waals surface area contributed by atoms with E-state index in [9.17, 15) is 18.0 Å². The molecule has 18 heavy (non-hydrogen) atoms. The molecule has 0 bridgehead atoms. The molecule has 1 rings (SSSR count). The third-order valence-electron chi connectivity index (χ3n) is 1.84. The van der Waals surface area contributed by atoms with Crippen molar-refractivity contribution in [2.75, 3.05) is 5.32 Å². The van der Waals surface area contributed by atoms with Gasteiger partial charge in [0.1, 0.15) is 0 Å². The number of anilines is 1. The molecule has 0 atom stereocenters. The molecule has 98 valence electrons. The van der Waals surface area contributed by atoms with Gasteiger partial charge in [-0.05, 0) is 18.2 Å². The molecule has 0 fully saturated rings. The number of amides is 1. The monoisotopic (exact) mass is 296 g/mol. The van der Waals surface area contributed by atoms with Gasteiger partial charge in [0.05, 0.1) is 17.0 Å². The van der Waals surface area contributed by atoms with Crippen LogP contribution in [0.3, 0.4) is 0 Å². The highest BCUT2D eigenvalue weighted by atomic mass is 35.5. The largest absolute Gasteiger partial charge is 0.416 e. The van der Waals surface area contributed by atoms with Gasteiger partial charge in [-0.15, -0.1) is 0 Å². The number of hydrogen-bond acceptors (Lipinski definition) is 2. The van der Waals surface area contributed by atoms with Crippen molar-refractivity contribution in [2.24, 2.45) is 5.73 Å². The van der Waals surface area contributed by atoms with Crippen molar-refractivity contribution in [3.63, 3.8) is 0 Å². The van der Waals surface area contributed by atoms with Gasteiger partial charge in [0, 0.05) is 10.7 Å². The summed E-state index contributed by atoms with van der Waals surface area (Å²) < 4.78 is 37.4. The van der Waals surface area contributed by atoms with Crippen molar-refractivity contribution in [1.29, 1.82) is 0 Å². The second-order valence-corrected chi connectivity index (χ2v) is 4.38. The molecule has 0 heterocycles. The van der Waals surface area contributed by atoms with Crippen molar-refractivity contribution >= 4 is 40.4 Å². The minimum absolute atomic E-state index is 0.0504. The number of hydrogen-bond donors (Lipinski definition) is 2. The molecule has 1 amide bonds. The molecule has 0 unspecified atom stereocenters. The first kappa shape index (κ1) is 14.7. The lowest BCUT2D eigenvalue weighted by molar-refractivity contribution is -0.137. The van der Waals surface area contributed by atoms with E-state index in [0.717, 1.165) is 12.1 Å². The standard InChI is InChI=1S/C10H8ClF3N2OS/c11-6-1-5(10(12,13)14)2-7(3-6)16-9(17)4-8(15)18/h1-3H,4H2,(H2,15,18)(H,16,17). The van der Waals surface area contributed by atoms with Crippen LogP contribution >= 0.6 is 23.8 Å². The average Bonchev–Trinajstić information content (AvgIpc) is 2.13. The van der Waals surface area contributed by atoms with Gasteiger partial charge in [-0.1, -0.05) is 23.8 Å². The summed E-state index contributed by atoms with van der Waals surface area (Å²) in [5.41, 5.74) is 4.14. The van der Waals surface area contributed by atoms with E-state index in [1.165, 1.54) is 6.07 Å². The highest BCUT2D eigenvalue weighted by Crippen LogP contribution is 2.33. The van der Waals surface area contributed by atoms with Crippen LogP contribution in [-0.4, -0.2) is 10.9 Å². The van der Waals surface area contributed by atoms with E-state index in [-0.39, 0.29) is 22.1 Å². The van der Waals surface area contributed by atoms with Gasteiger partial charge in [-0.2, -0.15) is 13.2 Å². The maximum Gasteiger partial charge on any atom is 0.416 e. The fraction of sp³-hybridized carbons (Fsp3) is 0.200. The molecular formula is C10H8ClF3N2OS. The number of alkyl halides is 3.